The van der Waals surface area contributed by atoms with Crippen LogP contribution in [0.5, 0.6) is 0 Å². The molecule has 0 N–H and O–H groups in total. The second-order valence-electron chi connectivity index (χ2n) is 6.41. The number of hydrogen-bond acceptors (Lipinski definition) is 6. The summed E-state index contributed by atoms with van der Waals surface area (Å²) in [6, 6.07) is 7.14. The zero-order chi connectivity index (χ0) is 18.1. The zero-order valence-electron chi connectivity index (χ0n) is 13.7. The molecular formula is C16H20N2O5S2. The monoisotopic (exact) mass is 384 g/mol. The Balaban J connectivity index is 1.95. The van der Waals surface area contributed by atoms with E-state index in [0.717, 1.165) is 12.8 Å². The van der Waals surface area contributed by atoms with Gasteiger partial charge in [0.1, 0.15) is 0 Å². The smallest absolute Gasteiger partial charge is 0.243 e. The van der Waals surface area contributed by atoms with Crippen LogP contribution in [0.2, 0.25) is 0 Å². The third-order valence-electron chi connectivity index (χ3n) is 4.59. The molecule has 3 rings (SSSR count). The van der Waals surface area contributed by atoms with Gasteiger partial charge in [0.25, 0.3) is 0 Å². The molecule has 0 unspecified atom stereocenters. The Bertz CT molecular complexity index is 883. The Morgan fingerprint density at radius 3 is 2.72 bits per heavy atom. The van der Waals surface area contributed by atoms with Gasteiger partial charge in [0.15, 0.2) is 9.84 Å². The fraction of sp³-hybridized carbons (Fsp3) is 0.562. The van der Waals surface area contributed by atoms with Gasteiger partial charge in [-0.2, -0.15) is 9.57 Å². The Hall–Kier alpha value is -1.47. The number of ether oxygens (including phenoxy) is 1. The third-order valence-corrected chi connectivity index (χ3v) is 8.26. The molecule has 2 aliphatic rings. The van der Waals surface area contributed by atoms with Crippen LogP contribution in [0.4, 0.5) is 0 Å². The molecule has 2 fully saturated rings. The van der Waals surface area contributed by atoms with Crippen molar-refractivity contribution in [3.05, 3.63) is 29.8 Å². The van der Waals surface area contributed by atoms with Crippen LogP contribution in [0, 0.1) is 11.3 Å². The highest BCUT2D eigenvalue weighted by Crippen LogP contribution is 2.27. The molecule has 0 bridgehead atoms. The van der Waals surface area contributed by atoms with Crippen LogP contribution in [0.15, 0.2) is 29.2 Å². The number of nitriles is 1. The van der Waals surface area contributed by atoms with Crippen molar-refractivity contribution in [1.82, 2.24) is 4.31 Å². The number of sulfonamides is 1. The average molecular weight is 384 g/mol. The van der Waals surface area contributed by atoms with Gasteiger partial charge >= 0.3 is 0 Å². The number of rotatable bonds is 5. The molecule has 25 heavy (non-hydrogen) atoms. The van der Waals surface area contributed by atoms with Gasteiger partial charge in [-0.1, -0.05) is 6.07 Å². The first-order valence-electron chi connectivity index (χ1n) is 8.16. The maximum Gasteiger partial charge on any atom is 0.243 e. The van der Waals surface area contributed by atoms with Crippen molar-refractivity contribution in [1.29, 1.82) is 5.26 Å². The number of benzene rings is 1. The number of hydrogen-bond donors (Lipinski definition) is 0. The lowest BCUT2D eigenvalue weighted by atomic mass is 10.2. The normalized spacial score (nSPS) is 25.9. The summed E-state index contributed by atoms with van der Waals surface area (Å²) >= 11 is 0. The maximum atomic E-state index is 13.2. The summed E-state index contributed by atoms with van der Waals surface area (Å²) in [5.41, 5.74) is 0.247. The van der Waals surface area contributed by atoms with E-state index < -0.39 is 25.9 Å². The molecule has 7 nitrogen and oxygen atoms in total. The minimum atomic E-state index is -3.92. The van der Waals surface area contributed by atoms with Crippen LogP contribution < -0.4 is 0 Å². The first kappa shape index (κ1) is 18.3. The van der Waals surface area contributed by atoms with E-state index >= 15 is 0 Å². The molecule has 2 heterocycles. The van der Waals surface area contributed by atoms with E-state index in [1.54, 1.807) is 0 Å². The topological polar surface area (TPSA) is 105 Å². The molecule has 1 aromatic rings. The van der Waals surface area contributed by atoms with Gasteiger partial charge in [-0.05, 0) is 37.5 Å². The second-order valence-corrected chi connectivity index (χ2v) is 10.5. The van der Waals surface area contributed by atoms with E-state index in [-0.39, 0.29) is 41.0 Å². The van der Waals surface area contributed by atoms with Crippen LogP contribution in [-0.2, 0) is 24.6 Å². The molecule has 1 aromatic carbocycles. The van der Waals surface area contributed by atoms with Gasteiger partial charge in [0.2, 0.25) is 10.0 Å². The first-order valence-corrected chi connectivity index (χ1v) is 11.4. The third kappa shape index (κ3) is 4.03. The van der Waals surface area contributed by atoms with Crippen molar-refractivity contribution in [3.8, 4) is 6.07 Å². The Morgan fingerprint density at radius 1 is 1.32 bits per heavy atom. The van der Waals surface area contributed by atoms with Crippen molar-refractivity contribution in [2.24, 2.45) is 0 Å². The molecule has 0 aromatic heterocycles. The Morgan fingerprint density at radius 2 is 2.12 bits per heavy atom. The van der Waals surface area contributed by atoms with E-state index in [2.05, 4.69) is 0 Å². The van der Waals surface area contributed by atoms with E-state index in [9.17, 15) is 16.8 Å². The van der Waals surface area contributed by atoms with Crippen LogP contribution >= 0.6 is 0 Å². The van der Waals surface area contributed by atoms with Gasteiger partial charge in [0, 0.05) is 19.2 Å². The summed E-state index contributed by atoms with van der Waals surface area (Å²) in [4.78, 5) is 0.00819. The molecule has 0 spiro atoms. The minimum absolute atomic E-state index is 0.00650. The van der Waals surface area contributed by atoms with Gasteiger partial charge in [-0.15, -0.1) is 0 Å². The fourth-order valence-electron chi connectivity index (χ4n) is 3.30. The molecule has 2 atom stereocenters. The number of sulfone groups is 1. The second kappa shape index (κ2) is 7.03. The highest BCUT2D eigenvalue weighted by atomic mass is 32.2. The van der Waals surface area contributed by atoms with E-state index in [4.69, 9.17) is 10.00 Å². The Kier molecular flexibility index (Phi) is 5.16. The summed E-state index contributed by atoms with van der Waals surface area (Å²) in [5.74, 6) is -0.176. The highest BCUT2D eigenvalue weighted by Gasteiger charge is 2.40. The van der Waals surface area contributed by atoms with Gasteiger partial charge in [-0.25, -0.2) is 16.8 Å². The quantitative estimate of drug-likeness (QED) is 0.747. The van der Waals surface area contributed by atoms with Crippen LogP contribution in [0.25, 0.3) is 0 Å². The van der Waals surface area contributed by atoms with Gasteiger partial charge in [0.05, 0.1) is 34.1 Å². The summed E-state index contributed by atoms with van der Waals surface area (Å²) in [7, 11) is -7.15. The molecule has 9 heteroatoms. The molecule has 2 saturated heterocycles. The lowest BCUT2D eigenvalue weighted by Crippen LogP contribution is -2.45. The number of nitrogens with zero attached hydrogens (tertiary/aromatic N) is 2. The fourth-order valence-corrected chi connectivity index (χ4v) is 6.85. The highest BCUT2D eigenvalue weighted by molar-refractivity contribution is 7.92. The van der Waals surface area contributed by atoms with Crippen LogP contribution in [-0.4, -0.2) is 57.9 Å². The Labute approximate surface area is 148 Å². The van der Waals surface area contributed by atoms with Crippen molar-refractivity contribution >= 4 is 19.9 Å². The lowest BCUT2D eigenvalue weighted by Gasteiger charge is -2.29. The van der Waals surface area contributed by atoms with Crippen molar-refractivity contribution in [3.63, 3.8) is 0 Å². The van der Waals surface area contributed by atoms with E-state index in [1.807, 2.05) is 6.07 Å². The molecule has 0 aliphatic carbocycles. The molecular weight excluding hydrogens is 364 g/mol. The van der Waals surface area contributed by atoms with Crippen molar-refractivity contribution < 1.29 is 21.6 Å². The van der Waals surface area contributed by atoms with E-state index in [1.165, 1.54) is 28.6 Å². The van der Waals surface area contributed by atoms with Crippen molar-refractivity contribution in [2.75, 3.05) is 24.7 Å². The van der Waals surface area contributed by atoms with Crippen LogP contribution in [0.1, 0.15) is 24.8 Å². The predicted octanol–water partition coefficient (Wildman–Crippen LogP) is 0.915. The van der Waals surface area contributed by atoms with Gasteiger partial charge in [-0.3, -0.25) is 0 Å². The maximum absolute atomic E-state index is 13.2. The van der Waals surface area contributed by atoms with Crippen molar-refractivity contribution in [2.45, 2.75) is 36.3 Å². The molecule has 0 saturated carbocycles. The standard InChI is InChI=1S/C16H20N2O5S2/c17-10-13-3-1-5-16(9-13)25(21,22)18(11-15-4-2-7-23-15)14-6-8-24(19,20)12-14/h1,3,5,9,14-15H,2,4,6-8,11-12H2/t14-,15-/m0/s1. The predicted molar refractivity (Wildman–Crippen MR) is 91.1 cm³/mol. The summed E-state index contributed by atoms with van der Waals surface area (Å²) in [6.07, 6.45) is 1.68. The molecule has 136 valence electrons. The average Bonchev–Trinajstić information content (AvgIpc) is 3.21. The largest absolute Gasteiger partial charge is 0.377 e. The molecule has 0 radical (unpaired) electrons. The SMILES string of the molecule is N#Cc1cccc(S(=O)(=O)N(C[C@@H]2CCCO2)[C@H]2CCS(=O)(=O)C2)c1. The molecule has 2 aliphatic heterocycles. The summed E-state index contributed by atoms with van der Waals surface area (Å²) in [6.45, 7) is 0.727. The van der Waals surface area contributed by atoms with Crippen LogP contribution in [0.3, 0.4) is 0 Å². The zero-order valence-corrected chi connectivity index (χ0v) is 15.3. The summed E-state index contributed by atoms with van der Waals surface area (Å²) < 4.78 is 56.8. The minimum Gasteiger partial charge on any atom is -0.377 e. The molecule has 0 amide bonds. The lowest BCUT2D eigenvalue weighted by molar-refractivity contribution is 0.0877. The first-order chi connectivity index (χ1) is 11.8. The van der Waals surface area contributed by atoms with E-state index in [0.29, 0.717) is 6.61 Å². The van der Waals surface area contributed by atoms with Gasteiger partial charge < -0.3 is 4.74 Å². The summed E-state index contributed by atoms with van der Waals surface area (Å²) in [5, 5.41) is 9.02.